The first-order chi connectivity index (χ1) is 9.04. The van der Waals surface area contributed by atoms with Crippen LogP contribution in [0.4, 0.5) is 5.82 Å². The molecule has 1 N–H and O–H groups in total. The molecule has 0 spiro atoms. The van der Waals surface area contributed by atoms with Crippen LogP contribution in [0.3, 0.4) is 0 Å². The van der Waals surface area contributed by atoms with Gasteiger partial charge in [-0.3, -0.25) is 4.79 Å². The molecule has 5 heteroatoms. The maximum atomic E-state index is 12.8. The number of amides is 1. The van der Waals surface area contributed by atoms with Crippen LogP contribution < -0.4 is 5.32 Å². The summed E-state index contributed by atoms with van der Waals surface area (Å²) in [5.74, 6) is 0.705. The quantitative estimate of drug-likeness (QED) is 0.907. The van der Waals surface area contributed by atoms with Crippen molar-refractivity contribution in [3.05, 3.63) is 22.3 Å². The second-order valence-electron chi connectivity index (χ2n) is 5.14. The monoisotopic (exact) mass is 325 g/mol. The number of nitrogens with one attached hydrogen (secondary N) is 1. The van der Waals surface area contributed by atoms with Gasteiger partial charge in [-0.2, -0.15) is 0 Å². The minimum absolute atomic E-state index is 0.0675. The van der Waals surface area contributed by atoms with Crippen LogP contribution in [0.2, 0.25) is 0 Å². The number of likely N-dealkylation sites (tertiary alicyclic amines) is 1. The Labute approximate surface area is 122 Å². The third kappa shape index (κ3) is 2.91. The van der Waals surface area contributed by atoms with Crippen molar-refractivity contribution < 1.29 is 4.79 Å². The fraction of sp³-hybridized carbons (Fsp3) is 0.571. The fourth-order valence-corrected chi connectivity index (χ4v) is 3.09. The molecule has 104 valence electrons. The Morgan fingerprint density at radius 3 is 2.63 bits per heavy atom. The molecule has 0 bridgehead atoms. The molecule has 2 rings (SSSR count). The number of aromatic nitrogens is 1. The first-order valence-electron chi connectivity index (χ1n) is 6.70. The van der Waals surface area contributed by atoms with Crippen molar-refractivity contribution in [3.8, 4) is 0 Å². The van der Waals surface area contributed by atoms with Gasteiger partial charge in [0, 0.05) is 29.8 Å². The Hall–Kier alpha value is -1.10. The molecule has 4 nitrogen and oxygen atoms in total. The molecule has 0 saturated carbocycles. The zero-order chi connectivity index (χ0) is 14.0. The number of rotatable bonds is 2. The van der Waals surface area contributed by atoms with Crippen LogP contribution in [0.1, 0.15) is 43.5 Å². The first-order valence-corrected chi connectivity index (χ1v) is 7.50. The number of carbonyl (C=O) groups excluding carboxylic acids is 1. The summed E-state index contributed by atoms with van der Waals surface area (Å²) < 4.78 is 0.826. The smallest absolute Gasteiger partial charge is 0.258 e. The van der Waals surface area contributed by atoms with Crippen LogP contribution >= 0.6 is 15.9 Å². The molecule has 2 atom stereocenters. The summed E-state index contributed by atoms with van der Waals surface area (Å²) in [6.07, 6.45) is 5.05. The van der Waals surface area contributed by atoms with Crippen molar-refractivity contribution in [2.24, 2.45) is 0 Å². The van der Waals surface area contributed by atoms with Gasteiger partial charge in [-0.05, 0) is 55.1 Å². The standard InChI is InChI=1S/C14H20BrN3O/c1-9-5-4-6-10(2)18(9)14(19)12-7-11(15)8-17-13(12)16-3/h7-10H,4-6H2,1-3H3,(H,16,17)/t9-,10+. The van der Waals surface area contributed by atoms with Gasteiger partial charge in [0.25, 0.3) is 5.91 Å². The lowest BCUT2D eigenvalue weighted by atomic mass is 9.96. The Morgan fingerprint density at radius 1 is 1.42 bits per heavy atom. The van der Waals surface area contributed by atoms with Gasteiger partial charge in [-0.15, -0.1) is 0 Å². The number of carbonyl (C=O) groups is 1. The van der Waals surface area contributed by atoms with E-state index in [-0.39, 0.29) is 5.91 Å². The number of nitrogens with zero attached hydrogens (tertiary/aromatic N) is 2. The molecular weight excluding hydrogens is 306 g/mol. The van der Waals surface area contributed by atoms with Crippen molar-refractivity contribution in [2.45, 2.75) is 45.2 Å². The molecule has 1 amide bonds. The number of piperidine rings is 1. The van der Waals surface area contributed by atoms with E-state index in [1.165, 1.54) is 6.42 Å². The predicted molar refractivity (Wildman–Crippen MR) is 80.4 cm³/mol. The minimum Gasteiger partial charge on any atom is -0.372 e. The molecule has 2 heterocycles. The maximum Gasteiger partial charge on any atom is 0.258 e. The summed E-state index contributed by atoms with van der Waals surface area (Å²) >= 11 is 3.39. The van der Waals surface area contributed by atoms with Crippen LogP contribution in [0.5, 0.6) is 0 Å². The van der Waals surface area contributed by atoms with Crippen molar-refractivity contribution in [2.75, 3.05) is 12.4 Å². The highest BCUT2D eigenvalue weighted by atomic mass is 79.9. The van der Waals surface area contributed by atoms with E-state index in [4.69, 9.17) is 0 Å². The topological polar surface area (TPSA) is 45.2 Å². The van der Waals surface area contributed by atoms with Gasteiger partial charge in [0.05, 0.1) is 5.56 Å². The molecule has 0 unspecified atom stereocenters. The van der Waals surface area contributed by atoms with Gasteiger partial charge in [0.15, 0.2) is 0 Å². The van der Waals surface area contributed by atoms with E-state index in [0.29, 0.717) is 23.5 Å². The zero-order valence-electron chi connectivity index (χ0n) is 11.6. The second-order valence-corrected chi connectivity index (χ2v) is 6.06. The number of hydrogen-bond donors (Lipinski definition) is 1. The van der Waals surface area contributed by atoms with E-state index in [2.05, 4.69) is 40.1 Å². The summed E-state index contributed by atoms with van der Waals surface area (Å²) in [4.78, 5) is 19.0. The SMILES string of the molecule is CNc1ncc(Br)cc1C(=O)N1[C@H](C)CCC[C@@H]1C. The molecule has 1 aromatic heterocycles. The maximum absolute atomic E-state index is 12.8. The highest BCUT2D eigenvalue weighted by molar-refractivity contribution is 9.10. The summed E-state index contributed by atoms with van der Waals surface area (Å²) in [6, 6.07) is 2.43. The molecule has 1 saturated heterocycles. The van der Waals surface area contributed by atoms with Crippen molar-refractivity contribution in [1.82, 2.24) is 9.88 Å². The normalized spacial score (nSPS) is 23.3. The van der Waals surface area contributed by atoms with E-state index in [9.17, 15) is 4.79 Å². The van der Waals surface area contributed by atoms with Gasteiger partial charge in [-0.1, -0.05) is 0 Å². The highest BCUT2D eigenvalue weighted by Crippen LogP contribution is 2.27. The summed E-state index contributed by atoms with van der Waals surface area (Å²) in [5.41, 5.74) is 0.637. The lowest BCUT2D eigenvalue weighted by Gasteiger charge is -2.39. The van der Waals surface area contributed by atoms with Crippen LogP contribution in [-0.2, 0) is 0 Å². The van der Waals surface area contributed by atoms with E-state index < -0.39 is 0 Å². The van der Waals surface area contributed by atoms with Crippen LogP contribution in [0, 0.1) is 0 Å². The zero-order valence-corrected chi connectivity index (χ0v) is 13.2. The molecular formula is C14H20BrN3O. The first kappa shape index (κ1) is 14.3. The minimum atomic E-state index is 0.0675. The summed E-state index contributed by atoms with van der Waals surface area (Å²) in [7, 11) is 1.79. The van der Waals surface area contributed by atoms with Gasteiger partial charge in [0.1, 0.15) is 5.82 Å². The molecule has 0 aliphatic carbocycles. The largest absolute Gasteiger partial charge is 0.372 e. The second kappa shape index (κ2) is 5.90. The molecule has 19 heavy (non-hydrogen) atoms. The van der Waals surface area contributed by atoms with Crippen LogP contribution in [0.25, 0.3) is 0 Å². The van der Waals surface area contributed by atoms with Gasteiger partial charge >= 0.3 is 0 Å². The van der Waals surface area contributed by atoms with E-state index in [1.54, 1.807) is 13.2 Å². The molecule has 0 aromatic carbocycles. The van der Waals surface area contributed by atoms with Crippen molar-refractivity contribution >= 4 is 27.7 Å². The number of halogens is 1. The van der Waals surface area contributed by atoms with E-state index in [1.807, 2.05) is 11.0 Å². The molecule has 1 aliphatic heterocycles. The van der Waals surface area contributed by atoms with E-state index >= 15 is 0 Å². The fourth-order valence-electron chi connectivity index (χ4n) is 2.76. The molecule has 1 aromatic rings. The Bertz CT molecular complexity index is 468. The summed E-state index contributed by atoms with van der Waals surface area (Å²) in [6.45, 7) is 4.25. The highest BCUT2D eigenvalue weighted by Gasteiger charge is 2.31. The average Bonchev–Trinajstić information content (AvgIpc) is 2.38. The van der Waals surface area contributed by atoms with Crippen molar-refractivity contribution in [3.63, 3.8) is 0 Å². The third-order valence-electron chi connectivity index (χ3n) is 3.75. The average molecular weight is 326 g/mol. The molecule has 1 aliphatic rings. The number of hydrogen-bond acceptors (Lipinski definition) is 3. The lowest BCUT2D eigenvalue weighted by Crippen LogP contribution is -2.47. The lowest BCUT2D eigenvalue weighted by molar-refractivity contribution is 0.0511. The van der Waals surface area contributed by atoms with Crippen LogP contribution in [0.15, 0.2) is 16.7 Å². The van der Waals surface area contributed by atoms with Crippen LogP contribution in [-0.4, -0.2) is 34.9 Å². The van der Waals surface area contributed by atoms with Gasteiger partial charge < -0.3 is 10.2 Å². The van der Waals surface area contributed by atoms with Gasteiger partial charge in [-0.25, -0.2) is 4.98 Å². The van der Waals surface area contributed by atoms with E-state index in [0.717, 1.165) is 17.3 Å². The Kier molecular flexibility index (Phi) is 4.45. The molecule has 1 fully saturated rings. The summed E-state index contributed by atoms with van der Waals surface area (Å²) in [5, 5.41) is 2.99. The molecule has 0 radical (unpaired) electrons. The Morgan fingerprint density at radius 2 is 2.05 bits per heavy atom. The third-order valence-corrected chi connectivity index (χ3v) is 4.18. The Balaban J connectivity index is 2.35. The predicted octanol–water partition coefficient (Wildman–Crippen LogP) is 3.29. The number of pyridine rings is 1. The number of anilines is 1. The van der Waals surface area contributed by atoms with Gasteiger partial charge in [0.2, 0.25) is 0 Å². The van der Waals surface area contributed by atoms with Crippen molar-refractivity contribution in [1.29, 1.82) is 0 Å².